The zero-order valence-electron chi connectivity index (χ0n) is 12.9. The van der Waals surface area contributed by atoms with E-state index in [1.807, 2.05) is 0 Å². The molecule has 0 aromatic carbocycles. The summed E-state index contributed by atoms with van der Waals surface area (Å²) in [5.74, 6) is 0. The number of piperidine rings is 1. The maximum atomic E-state index is 6.24. The third-order valence-corrected chi connectivity index (χ3v) is 5.54. The molecule has 0 aromatic rings. The van der Waals surface area contributed by atoms with Gasteiger partial charge in [-0.3, -0.25) is 4.90 Å². The van der Waals surface area contributed by atoms with Gasteiger partial charge in [-0.1, -0.05) is 6.42 Å². The molecule has 0 radical (unpaired) electrons. The van der Waals surface area contributed by atoms with Gasteiger partial charge in [0.05, 0.1) is 5.60 Å². The zero-order valence-corrected chi connectivity index (χ0v) is 12.9. The first-order valence-electron chi connectivity index (χ1n) is 8.43. The van der Waals surface area contributed by atoms with E-state index in [0.29, 0.717) is 12.1 Å². The van der Waals surface area contributed by atoms with E-state index >= 15 is 0 Å². The fourth-order valence-corrected chi connectivity index (χ4v) is 4.37. The Morgan fingerprint density at radius 1 is 1.15 bits per heavy atom. The van der Waals surface area contributed by atoms with Crippen molar-refractivity contribution < 1.29 is 9.47 Å². The lowest BCUT2D eigenvalue weighted by Crippen LogP contribution is -2.58. The number of nitrogens with zero attached hydrogens (tertiary/aromatic N) is 1. The van der Waals surface area contributed by atoms with Gasteiger partial charge in [0.25, 0.3) is 0 Å². The molecular weight excluding hydrogens is 252 g/mol. The van der Waals surface area contributed by atoms with Crippen LogP contribution in [0.25, 0.3) is 0 Å². The van der Waals surface area contributed by atoms with E-state index in [0.717, 1.165) is 32.7 Å². The summed E-state index contributed by atoms with van der Waals surface area (Å²) in [4.78, 5) is 2.72. The first kappa shape index (κ1) is 14.8. The van der Waals surface area contributed by atoms with Crippen LogP contribution in [0.5, 0.6) is 0 Å². The molecule has 3 atom stereocenters. The van der Waals surface area contributed by atoms with Gasteiger partial charge in [-0.25, -0.2) is 0 Å². The normalized spacial score (nSPS) is 36.9. The van der Waals surface area contributed by atoms with Gasteiger partial charge in [0, 0.05) is 37.9 Å². The molecule has 3 heterocycles. The van der Waals surface area contributed by atoms with E-state index in [1.54, 1.807) is 0 Å². The standard InChI is InChI=1S/C16H30N2O2/c1-13(17)15-4-2-3-8-18(15)14-5-9-20-16(12-14)6-10-19-11-7-16/h13-15H,2-12,17H2,1H3. The zero-order chi connectivity index (χ0) is 14.0. The van der Waals surface area contributed by atoms with Crippen LogP contribution >= 0.6 is 0 Å². The lowest BCUT2D eigenvalue weighted by Gasteiger charge is -2.50. The average Bonchev–Trinajstić information content (AvgIpc) is 2.48. The highest BCUT2D eigenvalue weighted by molar-refractivity contribution is 4.96. The van der Waals surface area contributed by atoms with Crippen LogP contribution in [0.1, 0.15) is 51.9 Å². The molecule has 1 spiro atoms. The summed E-state index contributed by atoms with van der Waals surface area (Å²) in [6.45, 7) is 6.04. The highest BCUT2D eigenvalue weighted by Crippen LogP contribution is 2.37. The van der Waals surface area contributed by atoms with Crippen LogP contribution in [0.2, 0.25) is 0 Å². The van der Waals surface area contributed by atoms with Gasteiger partial charge in [0.2, 0.25) is 0 Å². The van der Waals surface area contributed by atoms with E-state index in [2.05, 4.69) is 11.8 Å². The molecule has 0 aliphatic carbocycles. The van der Waals surface area contributed by atoms with Crippen molar-refractivity contribution in [3.63, 3.8) is 0 Å². The smallest absolute Gasteiger partial charge is 0.0741 e. The molecule has 0 amide bonds. The summed E-state index contributed by atoms with van der Waals surface area (Å²) in [5, 5.41) is 0. The van der Waals surface area contributed by atoms with Gasteiger partial charge in [0.1, 0.15) is 0 Å². The van der Waals surface area contributed by atoms with Crippen molar-refractivity contribution in [2.75, 3.05) is 26.4 Å². The quantitative estimate of drug-likeness (QED) is 0.840. The number of hydrogen-bond acceptors (Lipinski definition) is 4. The molecule has 3 rings (SSSR count). The van der Waals surface area contributed by atoms with Gasteiger partial charge >= 0.3 is 0 Å². The van der Waals surface area contributed by atoms with E-state index in [1.165, 1.54) is 38.6 Å². The minimum atomic E-state index is 0.0982. The molecule has 3 aliphatic heterocycles. The van der Waals surface area contributed by atoms with Gasteiger partial charge in [-0.15, -0.1) is 0 Å². The third kappa shape index (κ3) is 3.03. The Hall–Kier alpha value is -0.160. The third-order valence-electron chi connectivity index (χ3n) is 5.54. The van der Waals surface area contributed by atoms with Crippen LogP contribution in [0, 0.1) is 0 Å². The van der Waals surface area contributed by atoms with Crippen molar-refractivity contribution in [1.82, 2.24) is 4.90 Å². The summed E-state index contributed by atoms with van der Waals surface area (Å²) < 4.78 is 11.7. The molecule has 4 heteroatoms. The second-order valence-electron chi connectivity index (χ2n) is 6.95. The molecule has 2 N–H and O–H groups in total. The summed E-state index contributed by atoms with van der Waals surface area (Å²) in [6, 6.07) is 1.52. The van der Waals surface area contributed by atoms with Crippen molar-refractivity contribution in [3.05, 3.63) is 0 Å². The van der Waals surface area contributed by atoms with E-state index in [4.69, 9.17) is 15.2 Å². The molecule has 0 saturated carbocycles. The number of ether oxygens (including phenoxy) is 2. The Balaban J connectivity index is 1.68. The molecule has 3 saturated heterocycles. The first-order valence-corrected chi connectivity index (χ1v) is 8.43. The monoisotopic (exact) mass is 282 g/mol. The highest BCUT2D eigenvalue weighted by Gasteiger charge is 2.42. The van der Waals surface area contributed by atoms with Gasteiger partial charge < -0.3 is 15.2 Å². The maximum absolute atomic E-state index is 6.24. The van der Waals surface area contributed by atoms with Crippen molar-refractivity contribution in [2.24, 2.45) is 5.73 Å². The van der Waals surface area contributed by atoms with Crippen LogP contribution in [0.3, 0.4) is 0 Å². The van der Waals surface area contributed by atoms with E-state index in [9.17, 15) is 0 Å². The van der Waals surface area contributed by atoms with Crippen molar-refractivity contribution in [2.45, 2.75) is 75.6 Å². The Labute approximate surface area is 123 Å². The summed E-state index contributed by atoms with van der Waals surface area (Å²) in [6.07, 6.45) is 8.43. The number of rotatable bonds is 2. The summed E-state index contributed by atoms with van der Waals surface area (Å²) in [7, 11) is 0. The van der Waals surface area contributed by atoms with Gasteiger partial charge in [-0.2, -0.15) is 0 Å². The predicted octanol–water partition coefficient (Wildman–Crippen LogP) is 1.92. The molecule has 20 heavy (non-hydrogen) atoms. The molecule has 3 unspecified atom stereocenters. The van der Waals surface area contributed by atoms with E-state index in [-0.39, 0.29) is 11.6 Å². The minimum absolute atomic E-state index is 0.0982. The summed E-state index contributed by atoms with van der Waals surface area (Å²) >= 11 is 0. The Bertz CT molecular complexity index is 310. The van der Waals surface area contributed by atoms with Gasteiger partial charge in [0.15, 0.2) is 0 Å². The predicted molar refractivity (Wildman–Crippen MR) is 79.8 cm³/mol. The van der Waals surface area contributed by atoms with Crippen LogP contribution in [-0.2, 0) is 9.47 Å². The fourth-order valence-electron chi connectivity index (χ4n) is 4.37. The molecule has 3 fully saturated rings. The minimum Gasteiger partial charge on any atom is -0.381 e. The largest absolute Gasteiger partial charge is 0.381 e. The van der Waals surface area contributed by atoms with Crippen LogP contribution in [-0.4, -0.2) is 55.0 Å². The van der Waals surface area contributed by atoms with Crippen LogP contribution in [0.15, 0.2) is 0 Å². The SMILES string of the molecule is CC(N)C1CCCCN1C1CCOC2(CCOCC2)C1. The topological polar surface area (TPSA) is 47.7 Å². The first-order chi connectivity index (χ1) is 9.70. The second-order valence-corrected chi connectivity index (χ2v) is 6.95. The number of likely N-dealkylation sites (tertiary alicyclic amines) is 1. The van der Waals surface area contributed by atoms with Crippen molar-refractivity contribution in [1.29, 1.82) is 0 Å². The molecule has 0 aromatic heterocycles. The highest BCUT2D eigenvalue weighted by atomic mass is 16.5. The molecule has 3 aliphatic rings. The Kier molecular flexibility index (Phi) is 4.65. The Morgan fingerprint density at radius 3 is 2.70 bits per heavy atom. The molecule has 116 valence electrons. The lowest BCUT2D eigenvalue weighted by molar-refractivity contribution is -0.156. The molecular formula is C16H30N2O2. The second kappa shape index (κ2) is 6.30. The molecule has 0 bridgehead atoms. The maximum Gasteiger partial charge on any atom is 0.0741 e. The van der Waals surface area contributed by atoms with Crippen molar-refractivity contribution in [3.8, 4) is 0 Å². The number of nitrogens with two attached hydrogens (primary N) is 1. The molecule has 4 nitrogen and oxygen atoms in total. The Morgan fingerprint density at radius 2 is 1.95 bits per heavy atom. The van der Waals surface area contributed by atoms with Crippen LogP contribution < -0.4 is 5.73 Å². The fraction of sp³-hybridized carbons (Fsp3) is 1.00. The van der Waals surface area contributed by atoms with E-state index < -0.39 is 0 Å². The van der Waals surface area contributed by atoms with Gasteiger partial charge in [-0.05, 0) is 52.0 Å². The summed E-state index contributed by atoms with van der Waals surface area (Å²) in [5.41, 5.74) is 6.34. The van der Waals surface area contributed by atoms with Crippen LogP contribution in [0.4, 0.5) is 0 Å². The number of hydrogen-bond donors (Lipinski definition) is 1. The lowest BCUT2D eigenvalue weighted by atomic mass is 9.82. The van der Waals surface area contributed by atoms with Crippen molar-refractivity contribution >= 4 is 0 Å². The average molecular weight is 282 g/mol.